The summed E-state index contributed by atoms with van der Waals surface area (Å²) >= 11 is 6.76. The van der Waals surface area contributed by atoms with E-state index in [-0.39, 0.29) is 53.0 Å². The summed E-state index contributed by atoms with van der Waals surface area (Å²) in [5.41, 5.74) is 1.34. The topological polar surface area (TPSA) is 91.3 Å². The van der Waals surface area contributed by atoms with E-state index in [2.05, 4.69) is 18.7 Å². The Morgan fingerprint density at radius 3 is 2.65 bits per heavy atom. The summed E-state index contributed by atoms with van der Waals surface area (Å²) in [6.45, 7) is 11.4. The van der Waals surface area contributed by atoms with Crippen LogP contribution in [0.1, 0.15) is 78.7 Å². The lowest BCUT2D eigenvalue weighted by atomic mass is 9.78. The van der Waals surface area contributed by atoms with Crippen LogP contribution in [0.5, 0.6) is 23.0 Å². The van der Waals surface area contributed by atoms with Gasteiger partial charge in [-0.15, -0.1) is 0 Å². The lowest BCUT2D eigenvalue weighted by Gasteiger charge is -2.30. The van der Waals surface area contributed by atoms with Crippen LogP contribution in [0.4, 0.5) is 0 Å². The molecule has 1 fully saturated rings. The fourth-order valence-corrected chi connectivity index (χ4v) is 6.47. The maximum Gasteiger partial charge on any atom is 0.346 e. The molecule has 3 aliphatic rings. The minimum absolute atomic E-state index is 0.0350. The van der Waals surface area contributed by atoms with Gasteiger partial charge in [0.05, 0.1) is 29.2 Å². The van der Waals surface area contributed by atoms with Crippen LogP contribution in [0.2, 0.25) is 5.02 Å². The number of allylic oxidation sites excluding steroid dienone is 2. The van der Waals surface area contributed by atoms with Crippen LogP contribution in [-0.2, 0) is 16.1 Å². The molecule has 1 aliphatic heterocycles. The van der Waals surface area contributed by atoms with Crippen LogP contribution in [0.25, 0.3) is 6.08 Å². The fraction of sp³-hybridized carbons (Fsp3) is 0.438. The Bertz CT molecular complexity index is 1430. The van der Waals surface area contributed by atoms with Crippen molar-refractivity contribution < 1.29 is 33.6 Å². The third-order valence-corrected chi connectivity index (χ3v) is 8.95. The third kappa shape index (κ3) is 4.59. The summed E-state index contributed by atoms with van der Waals surface area (Å²) in [6, 6.07) is 3.25. The number of ether oxygens (including phenoxy) is 4. The van der Waals surface area contributed by atoms with E-state index in [1.807, 2.05) is 20.8 Å². The molecule has 8 heteroatoms. The molecule has 5 rings (SSSR count). The van der Waals surface area contributed by atoms with Gasteiger partial charge in [0.15, 0.2) is 11.5 Å². The molecular weight excluding hydrogens is 532 g/mol. The Kier molecular flexibility index (Phi) is 7.48. The number of halogens is 1. The molecule has 0 spiro atoms. The molecular formula is C32H35ClO7. The van der Waals surface area contributed by atoms with Crippen LogP contribution in [0.3, 0.4) is 0 Å². The smallest absolute Gasteiger partial charge is 0.346 e. The monoisotopic (exact) mass is 566 g/mol. The predicted molar refractivity (Wildman–Crippen MR) is 152 cm³/mol. The third-order valence-electron chi connectivity index (χ3n) is 8.44. The van der Waals surface area contributed by atoms with E-state index < -0.39 is 17.5 Å². The first-order valence-electron chi connectivity index (χ1n) is 13.6. The van der Waals surface area contributed by atoms with E-state index >= 15 is 0 Å². The standard InChI is InChI=1S/C32H35ClO7/c1-7-20-17(4)26(33)22-15-38-30(35)25-24(11-10-21(27(25)37-6)23(34)12-16(2)3)39-29(22)28(20)40-31(36)32(5)14-18-8-9-19(32)13-18/h7-11,16,18-19,23,34H,1,12-15H2,2-6H3/t18-,19+,23-,32-/m0/s1. The second-order valence-corrected chi connectivity index (χ2v) is 12.0. The van der Waals surface area contributed by atoms with E-state index in [4.69, 9.17) is 30.5 Å². The summed E-state index contributed by atoms with van der Waals surface area (Å²) in [7, 11) is 1.43. The summed E-state index contributed by atoms with van der Waals surface area (Å²) in [5.74, 6) is 0.291. The van der Waals surface area contributed by atoms with Crippen molar-refractivity contribution in [1.82, 2.24) is 0 Å². The van der Waals surface area contributed by atoms with Gasteiger partial charge in [0.2, 0.25) is 0 Å². The maximum atomic E-state index is 13.7. The number of esters is 2. The minimum atomic E-state index is -0.858. The van der Waals surface area contributed by atoms with Crippen molar-refractivity contribution in [2.24, 2.45) is 23.2 Å². The zero-order valence-electron chi connectivity index (χ0n) is 23.5. The second-order valence-electron chi connectivity index (χ2n) is 11.6. The van der Waals surface area contributed by atoms with Crippen molar-refractivity contribution in [2.45, 2.75) is 59.7 Å². The largest absolute Gasteiger partial charge is 0.495 e. The van der Waals surface area contributed by atoms with Crippen molar-refractivity contribution in [1.29, 1.82) is 0 Å². The molecule has 0 aromatic heterocycles. The normalized spacial score (nSPS) is 23.4. The zero-order valence-corrected chi connectivity index (χ0v) is 24.3. The SMILES string of the molecule is C=Cc1c(C)c(Cl)c2c(c1OC(=O)[C@@]1(C)C[C@H]3C=C[C@@H]1C3)Oc1ccc([C@@H](O)CC(C)C)c(OC)c1C(=O)OC2. The van der Waals surface area contributed by atoms with Crippen LogP contribution < -0.4 is 14.2 Å². The number of aliphatic hydroxyl groups is 1. The number of fused-ring (bicyclic) bond motifs is 4. The Morgan fingerprint density at radius 2 is 2.05 bits per heavy atom. The van der Waals surface area contributed by atoms with Crippen LogP contribution in [0, 0.1) is 30.1 Å². The van der Waals surface area contributed by atoms with Gasteiger partial charge in [-0.1, -0.05) is 50.3 Å². The molecule has 0 unspecified atom stereocenters. The molecule has 7 nitrogen and oxygen atoms in total. The molecule has 2 aromatic rings. The summed E-state index contributed by atoms with van der Waals surface area (Å²) in [6.07, 6.45) is 7.11. The molecule has 1 heterocycles. The lowest BCUT2D eigenvalue weighted by molar-refractivity contribution is -0.146. The molecule has 1 saturated carbocycles. The highest BCUT2D eigenvalue weighted by Crippen LogP contribution is 2.54. The van der Waals surface area contributed by atoms with Gasteiger partial charge >= 0.3 is 11.9 Å². The number of benzene rings is 2. The summed E-state index contributed by atoms with van der Waals surface area (Å²) in [4.78, 5) is 27.0. The molecule has 40 heavy (non-hydrogen) atoms. The average molecular weight is 567 g/mol. The number of rotatable bonds is 7. The number of aliphatic hydroxyl groups excluding tert-OH is 1. The quantitative estimate of drug-likeness (QED) is 0.213. The van der Waals surface area contributed by atoms with Gasteiger partial charge < -0.3 is 24.1 Å². The molecule has 4 atom stereocenters. The molecule has 2 aliphatic carbocycles. The Morgan fingerprint density at radius 1 is 1.30 bits per heavy atom. The average Bonchev–Trinajstić information content (AvgIpc) is 3.50. The highest BCUT2D eigenvalue weighted by atomic mass is 35.5. The maximum absolute atomic E-state index is 13.7. The van der Waals surface area contributed by atoms with Crippen molar-refractivity contribution in [3.05, 3.63) is 63.7 Å². The van der Waals surface area contributed by atoms with Crippen LogP contribution >= 0.6 is 11.6 Å². The second kappa shape index (κ2) is 10.6. The summed E-state index contributed by atoms with van der Waals surface area (Å²) in [5, 5.41) is 11.2. The van der Waals surface area contributed by atoms with Gasteiger partial charge in [0.1, 0.15) is 23.7 Å². The van der Waals surface area contributed by atoms with Crippen molar-refractivity contribution in [3.8, 4) is 23.0 Å². The van der Waals surface area contributed by atoms with Gasteiger partial charge in [-0.3, -0.25) is 4.79 Å². The van der Waals surface area contributed by atoms with Gasteiger partial charge in [-0.05, 0) is 68.6 Å². The molecule has 212 valence electrons. The van der Waals surface area contributed by atoms with E-state index in [0.29, 0.717) is 46.0 Å². The number of cyclic esters (lactones) is 1. The van der Waals surface area contributed by atoms with Gasteiger partial charge in [-0.25, -0.2) is 4.79 Å². The number of carbonyl (C=O) groups excluding carboxylic acids is 2. The Labute approximate surface area is 239 Å². The minimum Gasteiger partial charge on any atom is -0.495 e. The Balaban J connectivity index is 1.64. The van der Waals surface area contributed by atoms with Crippen molar-refractivity contribution >= 4 is 29.6 Å². The first-order chi connectivity index (χ1) is 19.0. The zero-order chi connectivity index (χ0) is 28.9. The van der Waals surface area contributed by atoms with Crippen LogP contribution in [0.15, 0.2) is 30.9 Å². The molecule has 0 amide bonds. The summed E-state index contributed by atoms with van der Waals surface area (Å²) < 4.78 is 23.9. The first-order valence-corrected chi connectivity index (χ1v) is 14.0. The van der Waals surface area contributed by atoms with Crippen molar-refractivity contribution in [2.75, 3.05) is 7.11 Å². The van der Waals surface area contributed by atoms with Gasteiger partial charge in [0.25, 0.3) is 0 Å². The van der Waals surface area contributed by atoms with E-state index in [1.165, 1.54) is 7.11 Å². The molecule has 2 bridgehead atoms. The van der Waals surface area contributed by atoms with E-state index in [9.17, 15) is 14.7 Å². The highest BCUT2D eigenvalue weighted by Gasteiger charge is 2.51. The molecule has 0 saturated heterocycles. The molecule has 0 radical (unpaired) electrons. The number of hydrogen-bond acceptors (Lipinski definition) is 7. The molecule has 1 N–H and O–H groups in total. The number of carbonyl (C=O) groups is 2. The predicted octanol–water partition coefficient (Wildman–Crippen LogP) is 7.35. The van der Waals surface area contributed by atoms with E-state index in [1.54, 1.807) is 25.1 Å². The highest BCUT2D eigenvalue weighted by molar-refractivity contribution is 6.32. The van der Waals surface area contributed by atoms with Gasteiger partial charge in [0, 0.05) is 11.1 Å². The fourth-order valence-electron chi connectivity index (χ4n) is 6.23. The Hall–Kier alpha value is -3.29. The first kappa shape index (κ1) is 28.2. The van der Waals surface area contributed by atoms with Gasteiger partial charge in [-0.2, -0.15) is 0 Å². The lowest BCUT2D eigenvalue weighted by Crippen LogP contribution is -2.36. The number of hydrogen-bond donors (Lipinski definition) is 1. The molecule has 2 aromatic carbocycles. The van der Waals surface area contributed by atoms with Crippen molar-refractivity contribution in [3.63, 3.8) is 0 Å². The van der Waals surface area contributed by atoms with E-state index in [0.717, 1.165) is 6.42 Å². The van der Waals surface area contributed by atoms with Crippen LogP contribution in [-0.4, -0.2) is 24.2 Å². The number of methoxy groups -OCH3 is 1.